The minimum atomic E-state index is -3.41. The number of nitrogens with one attached hydrogen (secondary N) is 2. The molecule has 6 heteroatoms. The molecule has 0 saturated carbocycles. The normalized spacial score (nSPS) is 16.0. The quantitative estimate of drug-likeness (QED) is 0.802. The molecule has 1 saturated heterocycles. The van der Waals surface area contributed by atoms with Crippen LogP contribution in [0.25, 0.3) is 0 Å². The van der Waals surface area contributed by atoms with Crippen molar-refractivity contribution in [2.24, 2.45) is 0 Å². The first kappa shape index (κ1) is 16.3. The van der Waals surface area contributed by atoms with Gasteiger partial charge in [0.1, 0.15) is 0 Å². The molecule has 21 heavy (non-hydrogen) atoms. The second-order valence-electron chi connectivity index (χ2n) is 5.78. The highest BCUT2D eigenvalue weighted by atomic mass is 32.2. The van der Waals surface area contributed by atoms with Gasteiger partial charge in [0.25, 0.3) is 0 Å². The SMILES string of the molecule is CCCN(c1ccc(S(=O)(=O)NC(C)C)cc1)C1CNC1. The van der Waals surface area contributed by atoms with E-state index in [4.69, 9.17) is 0 Å². The number of benzene rings is 1. The second-order valence-corrected chi connectivity index (χ2v) is 7.49. The molecule has 1 aliphatic heterocycles. The zero-order chi connectivity index (χ0) is 15.5. The van der Waals surface area contributed by atoms with E-state index in [9.17, 15) is 8.42 Å². The van der Waals surface area contributed by atoms with Crippen molar-refractivity contribution in [3.63, 3.8) is 0 Å². The first-order chi connectivity index (χ1) is 9.94. The van der Waals surface area contributed by atoms with Gasteiger partial charge in [-0.15, -0.1) is 0 Å². The molecule has 0 aromatic heterocycles. The Labute approximate surface area is 127 Å². The predicted octanol–water partition coefficient (Wildman–Crippen LogP) is 1.56. The summed E-state index contributed by atoms with van der Waals surface area (Å²) in [5.41, 5.74) is 1.09. The third kappa shape index (κ3) is 3.96. The molecule has 5 nitrogen and oxygen atoms in total. The third-order valence-corrected chi connectivity index (χ3v) is 5.21. The first-order valence-corrected chi connectivity index (χ1v) is 9.02. The molecule has 0 spiro atoms. The molecule has 1 heterocycles. The van der Waals surface area contributed by atoms with E-state index < -0.39 is 10.0 Å². The fourth-order valence-electron chi connectivity index (χ4n) is 2.45. The number of anilines is 1. The summed E-state index contributed by atoms with van der Waals surface area (Å²) < 4.78 is 26.8. The molecule has 0 unspecified atom stereocenters. The minimum absolute atomic E-state index is 0.104. The molecule has 0 aliphatic carbocycles. The van der Waals surface area contributed by atoms with Crippen LogP contribution in [-0.2, 0) is 10.0 Å². The van der Waals surface area contributed by atoms with Crippen LogP contribution < -0.4 is 14.9 Å². The summed E-state index contributed by atoms with van der Waals surface area (Å²) in [5, 5.41) is 3.28. The number of hydrogen-bond acceptors (Lipinski definition) is 4. The summed E-state index contributed by atoms with van der Waals surface area (Å²) in [5.74, 6) is 0. The predicted molar refractivity (Wildman–Crippen MR) is 86.2 cm³/mol. The molecule has 2 N–H and O–H groups in total. The van der Waals surface area contributed by atoms with Crippen LogP contribution >= 0.6 is 0 Å². The lowest BCUT2D eigenvalue weighted by Gasteiger charge is -2.39. The van der Waals surface area contributed by atoms with Gasteiger partial charge in [-0.2, -0.15) is 0 Å². The van der Waals surface area contributed by atoms with Crippen molar-refractivity contribution in [2.75, 3.05) is 24.5 Å². The van der Waals surface area contributed by atoms with Crippen molar-refractivity contribution < 1.29 is 8.42 Å². The zero-order valence-corrected chi connectivity index (χ0v) is 13.8. The van der Waals surface area contributed by atoms with Crippen molar-refractivity contribution in [2.45, 2.75) is 44.2 Å². The van der Waals surface area contributed by atoms with Gasteiger partial charge in [-0.3, -0.25) is 0 Å². The largest absolute Gasteiger partial charge is 0.366 e. The monoisotopic (exact) mass is 311 g/mol. The van der Waals surface area contributed by atoms with Gasteiger partial charge in [0.05, 0.1) is 10.9 Å². The highest BCUT2D eigenvalue weighted by Crippen LogP contribution is 2.22. The molecular formula is C15H25N3O2S. The summed E-state index contributed by atoms with van der Waals surface area (Å²) in [6, 6.07) is 7.60. The fourth-order valence-corrected chi connectivity index (χ4v) is 3.70. The second kappa shape index (κ2) is 6.77. The fraction of sp³-hybridized carbons (Fsp3) is 0.600. The van der Waals surface area contributed by atoms with E-state index >= 15 is 0 Å². The van der Waals surface area contributed by atoms with Crippen LogP contribution in [0, 0.1) is 0 Å². The van der Waals surface area contributed by atoms with E-state index in [2.05, 4.69) is 21.9 Å². The van der Waals surface area contributed by atoms with Gasteiger partial charge in [-0.25, -0.2) is 13.1 Å². The van der Waals surface area contributed by atoms with Gasteiger partial charge in [0, 0.05) is 31.4 Å². The van der Waals surface area contributed by atoms with Crippen molar-refractivity contribution in [3.05, 3.63) is 24.3 Å². The Morgan fingerprint density at radius 1 is 1.29 bits per heavy atom. The van der Waals surface area contributed by atoms with Crippen LogP contribution in [0.5, 0.6) is 0 Å². The summed E-state index contributed by atoms with van der Waals surface area (Å²) in [6.07, 6.45) is 1.07. The number of sulfonamides is 1. The average Bonchev–Trinajstić information content (AvgIpc) is 2.35. The lowest BCUT2D eigenvalue weighted by atomic mass is 10.1. The minimum Gasteiger partial charge on any atom is -0.366 e. The van der Waals surface area contributed by atoms with E-state index in [1.54, 1.807) is 12.1 Å². The van der Waals surface area contributed by atoms with Crippen LogP contribution in [0.15, 0.2) is 29.2 Å². The van der Waals surface area contributed by atoms with Crippen molar-refractivity contribution in [1.82, 2.24) is 10.0 Å². The van der Waals surface area contributed by atoms with Crippen LogP contribution in [0.1, 0.15) is 27.2 Å². The van der Waals surface area contributed by atoms with Crippen molar-refractivity contribution in [1.29, 1.82) is 0 Å². The Kier molecular flexibility index (Phi) is 5.24. The molecule has 0 radical (unpaired) electrons. The third-order valence-electron chi connectivity index (χ3n) is 3.53. The molecule has 0 amide bonds. The van der Waals surface area contributed by atoms with Gasteiger partial charge in [0.2, 0.25) is 10.0 Å². The number of rotatable bonds is 7. The average molecular weight is 311 g/mol. The lowest BCUT2D eigenvalue weighted by Crippen LogP contribution is -2.57. The maximum Gasteiger partial charge on any atom is 0.240 e. The van der Waals surface area contributed by atoms with Gasteiger partial charge in [0.15, 0.2) is 0 Å². The van der Waals surface area contributed by atoms with Crippen LogP contribution in [0.2, 0.25) is 0 Å². The maximum absolute atomic E-state index is 12.1. The molecule has 1 aromatic rings. The van der Waals surface area contributed by atoms with E-state index in [1.165, 1.54) is 0 Å². The topological polar surface area (TPSA) is 61.4 Å². The smallest absolute Gasteiger partial charge is 0.240 e. The van der Waals surface area contributed by atoms with Gasteiger partial charge in [-0.05, 0) is 44.5 Å². The molecule has 118 valence electrons. The van der Waals surface area contributed by atoms with Crippen molar-refractivity contribution in [3.8, 4) is 0 Å². The van der Waals surface area contributed by atoms with Gasteiger partial charge >= 0.3 is 0 Å². The molecular weight excluding hydrogens is 286 g/mol. The zero-order valence-electron chi connectivity index (χ0n) is 13.0. The van der Waals surface area contributed by atoms with Crippen LogP contribution in [0.3, 0.4) is 0 Å². The Morgan fingerprint density at radius 2 is 1.90 bits per heavy atom. The molecule has 1 fully saturated rings. The Hall–Kier alpha value is -1.11. The van der Waals surface area contributed by atoms with Crippen LogP contribution in [0.4, 0.5) is 5.69 Å². The highest BCUT2D eigenvalue weighted by Gasteiger charge is 2.24. The number of nitrogens with zero attached hydrogens (tertiary/aromatic N) is 1. The van der Waals surface area contributed by atoms with E-state index in [-0.39, 0.29) is 6.04 Å². The summed E-state index contributed by atoms with van der Waals surface area (Å²) in [4.78, 5) is 2.67. The molecule has 0 bridgehead atoms. The summed E-state index contributed by atoms with van der Waals surface area (Å²) >= 11 is 0. The molecule has 1 aromatic carbocycles. The molecule has 1 aliphatic rings. The van der Waals surface area contributed by atoms with E-state index in [0.717, 1.165) is 31.7 Å². The van der Waals surface area contributed by atoms with Gasteiger partial charge in [-0.1, -0.05) is 6.92 Å². The first-order valence-electron chi connectivity index (χ1n) is 7.54. The van der Waals surface area contributed by atoms with E-state index in [0.29, 0.717) is 10.9 Å². The van der Waals surface area contributed by atoms with Crippen LogP contribution in [-0.4, -0.2) is 40.1 Å². The Bertz CT molecular complexity index is 551. The standard InChI is InChI=1S/C15H25N3O2S/c1-4-9-18(14-10-16-11-14)13-5-7-15(8-6-13)21(19,20)17-12(2)3/h5-8,12,14,16-17H,4,9-11H2,1-3H3. The van der Waals surface area contributed by atoms with E-state index in [1.807, 2.05) is 26.0 Å². The Balaban J connectivity index is 2.17. The molecule has 2 rings (SSSR count). The Morgan fingerprint density at radius 3 is 2.33 bits per heavy atom. The van der Waals surface area contributed by atoms with Crippen molar-refractivity contribution >= 4 is 15.7 Å². The highest BCUT2D eigenvalue weighted by molar-refractivity contribution is 7.89. The van der Waals surface area contributed by atoms with Gasteiger partial charge < -0.3 is 10.2 Å². The number of hydrogen-bond donors (Lipinski definition) is 2. The lowest BCUT2D eigenvalue weighted by molar-refractivity contribution is 0.412. The summed E-state index contributed by atoms with van der Waals surface area (Å²) in [6.45, 7) is 8.77. The maximum atomic E-state index is 12.1. The summed E-state index contributed by atoms with van der Waals surface area (Å²) in [7, 11) is -3.41. The molecule has 0 atom stereocenters.